The molecule has 0 radical (unpaired) electrons. The molecule has 0 saturated carbocycles. The minimum Gasteiger partial charge on any atom is -0.270 e. The van der Waals surface area contributed by atoms with Crippen LogP contribution in [-0.2, 0) is 14.3 Å². The molecule has 0 aromatic carbocycles. The Bertz CT molecular complexity index is 287. The highest BCUT2D eigenvalue weighted by molar-refractivity contribution is 7.85. The quantitative estimate of drug-likeness (QED) is 0.502. The highest BCUT2D eigenvalue weighted by atomic mass is 32.2. The second-order valence-corrected chi connectivity index (χ2v) is 5.92. The minimum atomic E-state index is -3.27. The molecule has 0 aliphatic rings. The molecule has 0 bridgehead atoms. The van der Waals surface area contributed by atoms with Gasteiger partial charge in [-0.25, -0.2) is 0 Å². The van der Waals surface area contributed by atoms with Gasteiger partial charge in [0.15, 0.2) is 0 Å². The lowest BCUT2D eigenvalue weighted by atomic mass is 10.0. The first-order chi connectivity index (χ1) is 6.81. The topological polar surface area (TPSA) is 43.4 Å². The molecule has 1 atom stereocenters. The van der Waals surface area contributed by atoms with Gasteiger partial charge in [-0.2, -0.15) is 8.42 Å². The van der Waals surface area contributed by atoms with Gasteiger partial charge in [0.2, 0.25) is 0 Å². The summed E-state index contributed by atoms with van der Waals surface area (Å²) in [4.78, 5) is 0. The highest BCUT2D eigenvalue weighted by Gasteiger charge is 2.05. The van der Waals surface area contributed by atoms with Crippen molar-refractivity contribution in [2.75, 3.05) is 12.9 Å². The van der Waals surface area contributed by atoms with E-state index in [4.69, 9.17) is 0 Å². The summed E-state index contributed by atoms with van der Waals surface area (Å²) in [5.74, 6) is 0.502. The molecular weight excluding hydrogens is 212 g/mol. The Balaban J connectivity index is 3.58. The summed E-state index contributed by atoms with van der Waals surface area (Å²) in [5.41, 5.74) is 1.33. The Hall–Kier alpha value is -0.350. The fourth-order valence-corrected chi connectivity index (χ4v) is 1.60. The van der Waals surface area contributed by atoms with Gasteiger partial charge < -0.3 is 0 Å². The molecule has 3 nitrogen and oxygen atoms in total. The predicted molar refractivity (Wildman–Crippen MR) is 63.2 cm³/mol. The van der Waals surface area contributed by atoms with Crippen LogP contribution in [-0.4, -0.2) is 21.3 Å². The molecule has 0 heterocycles. The number of hydrogen-bond acceptors (Lipinski definition) is 3. The third-order valence-electron chi connectivity index (χ3n) is 2.12. The van der Waals surface area contributed by atoms with Crippen LogP contribution < -0.4 is 0 Å². The first-order valence-corrected chi connectivity index (χ1v) is 7.10. The van der Waals surface area contributed by atoms with E-state index >= 15 is 0 Å². The smallest absolute Gasteiger partial charge is 0.264 e. The van der Waals surface area contributed by atoms with Gasteiger partial charge in [-0.05, 0) is 39.0 Å². The molecule has 0 saturated heterocycles. The second kappa shape index (κ2) is 7.01. The van der Waals surface area contributed by atoms with Crippen molar-refractivity contribution in [1.82, 2.24) is 0 Å². The summed E-state index contributed by atoms with van der Waals surface area (Å²) in [5, 5.41) is 0. The maximum absolute atomic E-state index is 10.7. The molecule has 4 heteroatoms. The number of allylic oxidation sites excluding steroid dienone is 2. The zero-order valence-corrected chi connectivity index (χ0v) is 10.9. The summed E-state index contributed by atoms with van der Waals surface area (Å²) in [6, 6.07) is 0. The van der Waals surface area contributed by atoms with E-state index < -0.39 is 10.1 Å². The van der Waals surface area contributed by atoms with Crippen molar-refractivity contribution in [1.29, 1.82) is 0 Å². The Kier molecular flexibility index (Phi) is 6.85. The van der Waals surface area contributed by atoms with Crippen LogP contribution in [0.4, 0.5) is 0 Å². The molecule has 0 N–H and O–H groups in total. The maximum Gasteiger partial charge on any atom is 0.264 e. The third-order valence-corrected chi connectivity index (χ3v) is 2.71. The van der Waals surface area contributed by atoms with Crippen molar-refractivity contribution in [2.45, 2.75) is 40.0 Å². The summed E-state index contributed by atoms with van der Waals surface area (Å²) >= 11 is 0. The first kappa shape index (κ1) is 14.6. The van der Waals surface area contributed by atoms with E-state index in [2.05, 4.69) is 31.0 Å². The van der Waals surface area contributed by atoms with E-state index in [0.717, 1.165) is 25.5 Å². The molecule has 0 amide bonds. The molecule has 0 aromatic rings. The molecular formula is C11H22O3S. The van der Waals surface area contributed by atoms with Crippen molar-refractivity contribution in [3.63, 3.8) is 0 Å². The van der Waals surface area contributed by atoms with Gasteiger partial charge in [-0.1, -0.05) is 18.6 Å². The fraction of sp³-hybridized carbons (Fsp3) is 0.818. The van der Waals surface area contributed by atoms with E-state index in [-0.39, 0.29) is 0 Å². The zero-order valence-electron chi connectivity index (χ0n) is 10.1. The number of hydrogen-bond donors (Lipinski definition) is 0. The van der Waals surface area contributed by atoms with Crippen molar-refractivity contribution < 1.29 is 12.6 Å². The lowest BCUT2D eigenvalue weighted by molar-refractivity contribution is 0.286. The molecule has 0 rings (SSSR count). The number of rotatable bonds is 7. The van der Waals surface area contributed by atoms with Gasteiger partial charge in [0, 0.05) is 0 Å². The van der Waals surface area contributed by atoms with E-state index in [1.807, 2.05) is 0 Å². The Morgan fingerprint density at radius 1 is 1.33 bits per heavy atom. The molecule has 15 heavy (non-hydrogen) atoms. The van der Waals surface area contributed by atoms with Crippen LogP contribution in [0.5, 0.6) is 0 Å². The SMILES string of the molecule is CC(C)=CCCC(C)CCOS(C)(=O)=O. The van der Waals surface area contributed by atoms with Crippen LogP contribution in [0.25, 0.3) is 0 Å². The average Bonchev–Trinajstić information content (AvgIpc) is 2.00. The van der Waals surface area contributed by atoms with Crippen molar-refractivity contribution >= 4 is 10.1 Å². The third kappa shape index (κ3) is 11.6. The normalized spacial score (nSPS) is 13.6. The standard InChI is InChI=1S/C11H22O3S/c1-10(2)6-5-7-11(3)8-9-14-15(4,12)13/h6,11H,5,7-9H2,1-4H3. The second-order valence-electron chi connectivity index (χ2n) is 4.28. The summed E-state index contributed by atoms with van der Waals surface area (Å²) < 4.78 is 26.1. The lowest BCUT2D eigenvalue weighted by Crippen LogP contribution is -2.07. The maximum atomic E-state index is 10.7. The van der Waals surface area contributed by atoms with Gasteiger partial charge in [-0.3, -0.25) is 4.18 Å². The molecule has 0 aliphatic carbocycles. The molecule has 0 aliphatic heterocycles. The summed E-state index contributed by atoms with van der Waals surface area (Å²) in [6.45, 7) is 6.58. The Morgan fingerprint density at radius 3 is 2.40 bits per heavy atom. The van der Waals surface area contributed by atoms with E-state index in [1.165, 1.54) is 5.57 Å². The van der Waals surface area contributed by atoms with E-state index in [9.17, 15) is 8.42 Å². The fourth-order valence-electron chi connectivity index (χ4n) is 1.20. The van der Waals surface area contributed by atoms with Gasteiger partial charge in [-0.15, -0.1) is 0 Å². The van der Waals surface area contributed by atoms with Gasteiger partial charge in [0.05, 0.1) is 12.9 Å². The van der Waals surface area contributed by atoms with Crippen molar-refractivity contribution in [3.05, 3.63) is 11.6 Å². The average molecular weight is 234 g/mol. The van der Waals surface area contributed by atoms with Crippen molar-refractivity contribution in [3.8, 4) is 0 Å². The Morgan fingerprint density at radius 2 is 1.93 bits per heavy atom. The van der Waals surface area contributed by atoms with Gasteiger partial charge >= 0.3 is 0 Å². The first-order valence-electron chi connectivity index (χ1n) is 5.29. The van der Waals surface area contributed by atoms with E-state index in [1.54, 1.807) is 0 Å². The molecule has 0 fully saturated rings. The van der Waals surface area contributed by atoms with Crippen LogP contribution in [0.3, 0.4) is 0 Å². The highest BCUT2D eigenvalue weighted by Crippen LogP contribution is 2.12. The Labute approximate surface area is 93.6 Å². The zero-order chi connectivity index (χ0) is 11.9. The van der Waals surface area contributed by atoms with Gasteiger partial charge in [0.25, 0.3) is 10.1 Å². The van der Waals surface area contributed by atoms with Crippen LogP contribution in [0.2, 0.25) is 0 Å². The molecule has 90 valence electrons. The lowest BCUT2D eigenvalue weighted by Gasteiger charge is -2.09. The van der Waals surface area contributed by atoms with Crippen molar-refractivity contribution in [2.24, 2.45) is 5.92 Å². The predicted octanol–water partition coefficient (Wildman–Crippen LogP) is 2.74. The summed E-state index contributed by atoms with van der Waals surface area (Å²) in [7, 11) is -3.27. The molecule has 0 aromatic heterocycles. The summed E-state index contributed by atoms with van der Waals surface area (Å²) in [6.07, 6.45) is 6.22. The van der Waals surface area contributed by atoms with Gasteiger partial charge in [0.1, 0.15) is 0 Å². The van der Waals surface area contributed by atoms with E-state index in [0.29, 0.717) is 12.5 Å². The minimum absolute atomic E-state index is 0.300. The largest absolute Gasteiger partial charge is 0.270 e. The molecule has 0 spiro atoms. The van der Waals surface area contributed by atoms with Crippen LogP contribution in [0, 0.1) is 5.92 Å². The molecule has 1 unspecified atom stereocenters. The van der Waals surface area contributed by atoms with Crippen LogP contribution in [0.15, 0.2) is 11.6 Å². The monoisotopic (exact) mass is 234 g/mol. The van der Waals surface area contributed by atoms with Crippen LogP contribution in [0.1, 0.15) is 40.0 Å². The van der Waals surface area contributed by atoms with Crippen LogP contribution >= 0.6 is 0 Å².